The van der Waals surface area contributed by atoms with E-state index in [0.29, 0.717) is 16.6 Å². The zero-order valence-electron chi connectivity index (χ0n) is 20.3. The highest BCUT2D eigenvalue weighted by Crippen LogP contribution is 2.41. The number of primary sulfonamides is 1. The molecule has 0 saturated carbocycles. The molecule has 5 rings (SSSR count). The van der Waals surface area contributed by atoms with Crippen LogP contribution in [0.25, 0.3) is 33.4 Å². The van der Waals surface area contributed by atoms with Crippen molar-refractivity contribution in [3.05, 3.63) is 48.2 Å². The lowest BCUT2D eigenvalue weighted by molar-refractivity contribution is -0.192. The molecule has 1 aliphatic rings. The summed E-state index contributed by atoms with van der Waals surface area (Å²) in [4.78, 5) is 12.6. The molecule has 1 fully saturated rings. The van der Waals surface area contributed by atoms with Gasteiger partial charge in [-0.2, -0.15) is 18.4 Å². The number of pyridine rings is 1. The summed E-state index contributed by atoms with van der Waals surface area (Å²) in [5, 5.41) is 29.4. The van der Waals surface area contributed by atoms with E-state index in [0.717, 1.165) is 11.1 Å². The number of benzene rings is 2. The molecule has 1 aliphatic heterocycles. The quantitative estimate of drug-likeness (QED) is 0.255. The topological polar surface area (TPSA) is 211 Å². The Labute approximate surface area is 232 Å². The first-order chi connectivity index (χ1) is 18.6. The lowest BCUT2D eigenvalue weighted by atomic mass is 9.96. The normalized spacial score (nSPS) is 14.0. The third kappa shape index (κ3) is 6.34. The minimum atomic E-state index is -5.08. The molecule has 0 unspecified atom stereocenters. The predicted octanol–water partition coefficient (Wildman–Crippen LogP) is 2.05. The van der Waals surface area contributed by atoms with E-state index >= 15 is 0 Å². The second-order valence-corrected chi connectivity index (χ2v) is 12.2. The summed E-state index contributed by atoms with van der Waals surface area (Å²) in [5.41, 5.74) is 2.28. The Morgan fingerprint density at radius 3 is 2.22 bits per heavy atom. The maximum atomic E-state index is 13.3. The van der Waals surface area contributed by atoms with Crippen LogP contribution in [0.5, 0.6) is 0 Å². The van der Waals surface area contributed by atoms with Gasteiger partial charge in [-0.25, -0.2) is 26.8 Å². The summed E-state index contributed by atoms with van der Waals surface area (Å²) in [6.45, 7) is 2.28. The third-order valence-corrected chi connectivity index (χ3v) is 9.14. The van der Waals surface area contributed by atoms with Crippen molar-refractivity contribution in [1.82, 2.24) is 30.9 Å². The van der Waals surface area contributed by atoms with E-state index < -0.39 is 42.2 Å². The standard InChI is InChI=1S/C20H19N7O4S2.C2HF3O2.CH4/c1-11-5-6-12-3-2-4-15(18(12)23-11)14-7-8-16(32(28,29)13-9-22-10-13)19(33(21,30)31)17(14)20-24-26-27-25-20;3-2(4,5)1(6)7;/h2-8,13,22H,9-10H2,1H3,(H2,21,30,31)(H,24,25,26,27);(H,6,7);1H4. The molecule has 0 spiro atoms. The van der Waals surface area contributed by atoms with Crippen LogP contribution in [-0.2, 0) is 24.7 Å². The zero-order valence-corrected chi connectivity index (χ0v) is 22.0. The van der Waals surface area contributed by atoms with Crippen LogP contribution in [0.3, 0.4) is 0 Å². The van der Waals surface area contributed by atoms with Gasteiger partial charge < -0.3 is 10.4 Å². The van der Waals surface area contributed by atoms with Gasteiger partial charge in [0.15, 0.2) is 9.84 Å². The molecule has 0 aliphatic carbocycles. The van der Waals surface area contributed by atoms with E-state index in [9.17, 15) is 30.0 Å². The molecule has 41 heavy (non-hydrogen) atoms. The Kier molecular flexibility index (Phi) is 8.82. The Hall–Kier alpha value is -4.00. The number of carboxylic acids is 1. The number of sulfonamides is 1. The van der Waals surface area contributed by atoms with Gasteiger partial charge in [-0.1, -0.05) is 37.8 Å². The van der Waals surface area contributed by atoms with Crippen molar-refractivity contribution >= 4 is 36.7 Å². The Morgan fingerprint density at radius 2 is 1.71 bits per heavy atom. The fraction of sp³-hybridized carbons (Fsp3) is 0.261. The van der Waals surface area contributed by atoms with Crippen molar-refractivity contribution in [2.24, 2.45) is 5.14 Å². The number of aromatic amines is 1. The van der Waals surface area contributed by atoms with Crippen molar-refractivity contribution in [2.45, 2.75) is 35.6 Å². The molecule has 2 aromatic carbocycles. The monoisotopic (exact) mass is 615 g/mol. The van der Waals surface area contributed by atoms with Gasteiger partial charge in [0.25, 0.3) is 0 Å². The van der Waals surface area contributed by atoms with Crippen molar-refractivity contribution in [3.63, 3.8) is 0 Å². The maximum Gasteiger partial charge on any atom is 0.490 e. The number of nitrogens with two attached hydrogens (primary N) is 1. The van der Waals surface area contributed by atoms with Crippen LogP contribution in [0.1, 0.15) is 13.1 Å². The number of fused-ring (bicyclic) bond motifs is 1. The summed E-state index contributed by atoms with van der Waals surface area (Å²) in [6, 6.07) is 12.0. The molecule has 18 heteroatoms. The number of aryl methyl sites for hydroxylation is 1. The number of hydrogen-bond acceptors (Lipinski definition) is 10. The minimum absolute atomic E-state index is 0. The van der Waals surface area contributed by atoms with Gasteiger partial charge in [-0.15, -0.1) is 10.2 Å². The highest BCUT2D eigenvalue weighted by molar-refractivity contribution is 7.94. The van der Waals surface area contributed by atoms with E-state index in [-0.39, 0.29) is 36.8 Å². The minimum Gasteiger partial charge on any atom is -0.475 e. The largest absolute Gasteiger partial charge is 0.490 e. The highest BCUT2D eigenvalue weighted by atomic mass is 32.2. The number of sulfone groups is 1. The van der Waals surface area contributed by atoms with Crippen molar-refractivity contribution < 1.29 is 39.9 Å². The van der Waals surface area contributed by atoms with Gasteiger partial charge in [-0.05, 0) is 29.8 Å². The Morgan fingerprint density at radius 1 is 1.05 bits per heavy atom. The number of rotatable bonds is 5. The fourth-order valence-corrected chi connectivity index (χ4v) is 7.09. The number of nitrogens with zero attached hydrogens (tertiary/aromatic N) is 4. The molecule has 1 saturated heterocycles. The molecular weight excluding hydrogens is 591 g/mol. The lowest BCUT2D eigenvalue weighted by Crippen LogP contribution is -2.51. The molecule has 2 aromatic heterocycles. The zero-order chi connectivity index (χ0) is 29.5. The molecule has 0 amide bonds. The second-order valence-electron chi connectivity index (χ2n) is 8.55. The molecule has 0 radical (unpaired) electrons. The van der Waals surface area contributed by atoms with Crippen LogP contribution in [0.4, 0.5) is 13.2 Å². The number of halogens is 3. The molecule has 0 atom stereocenters. The molecule has 220 valence electrons. The average molecular weight is 616 g/mol. The summed E-state index contributed by atoms with van der Waals surface area (Å²) < 4.78 is 84.0. The molecule has 3 heterocycles. The van der Waals surface area contributed by atoms with E-state index in [1.807, 2.05) is 25.1 Å². The highest BCUT2D eigenvalue weighted by Gasteiger charge is 2.39. The van der Waals surface area contributed by atoms with E-state index in [1.54, 1.807) is 12.1 Å². The van der Waals surface area contributed by atoms with E-state index in [2.05, 4.69) is 30.9 Å². The van der Waals surface area contributed by atoms with Gasteiger partial charge in [-0.3, -0.25) is 4.98 Å². The van der Waals surface area contributed by atoms with Crippen molar-refractivity contribution in [2.75, 3.05) is 13.1 Å². The lowest BCUT2D eigenvalue weighted by Gasteiger charge is -2.28. The molecule has 13 nitrogen and oxygen atoms in total. The van der Waals surface area contributed by atoms with Gasteiger partial charge in [0.1, 0.15) is 4.90 Å². The van der Waals surface area contributed by atoms with Crippen LogP contribution < -0.4 is 10.5 Å². The smallest absolute Gasteiger partial charge is 0.475 e. The first-order valence-corrected chi connectivity index (χ1v) is 14.3. The van der Waals surface area contributed by atoms with Gasteiger partial charge >= 0.3 is 12.1 Å². The van der Waals surface area contributed by atoms with Crippen LogP contribution in [0.2, 0.25) is 0 Å². The molecule has 5 N–H and O–H groups in total. The van der Waals surface area contributed by atoms with Gasteiger partial charge in [0.2, 0.25) is 15.8 Å². The summed E-state index contributed by atoms with van der Waals surface area (Å²) in [6.07, 6.45) is -5.08. The van der Waals surface area contributed by atoms with Gasteiger partial charge in [0, 0.05) is 29.7 Å². The second kappa shape index (κ2) is 11.5. The SMILES string of the molecule is C.Cc1ccc2cccc(-c3ccc(S(=O)(=O)C4CNC4)c(S(N)(=O)=O)c3-c3nn[nH]n3)c2n1.O=C(O)C(F)(F)F. The predicted molar refractivity (Wildman–Crippen MR) is 141 cm³/mol. The average Bonchev–Trinajstić information content (AvgIpc) is 3.35. The molecular formula is C23H24F3N7O6S2. The van der Waals surface area contributed by atoms with Gasteiger partial charge in [0.05, 0.1) is 21.2 Å². The third-order valence-electron chi connectivity index (χ3n) is 5.86. The number of tetrazole rings is 1. The van der Waals surface area contributed by atoms with Crippen LogP contribution in [0.15, 0.2) is 52.3 Å². The first-order valence-electron chi connectivity index (χ1n) is 11.2. The number of H-pyrrole nitrogens is 1. The van der Waals surface area contributed by atoms with Crippen molar-refractivity contribution in [3.8, 4) is 22.5 Å². The van der Waals surface area contributed by atoms with Crippen LogP contribution in [-0.4, -0.2) is 78.0 Å². The Balaban J connectivity index is 0.000000516. The molecule has 4 aromatic rings. The number of hydrogen-bond donors (Lipinski definition) is 4. The number of nitrogens with one attached hydrogen (secondary N) is 2. The fourth-order valence-electron chi connectivity index (χ4n) is 3.91. The first kappa shape index (κ1) is 31.5. The maximum absolute atomic E-state index is 13.3. The van der Waals surface area contributed by atoms with Crippen LogP contribution in [0, 0.1) is 6.92 Å². The Bertz CT molecular complexity index is 1810. The van der Waals surface area contributed by atoms with E-state index in [1.165, 1.54) is 12.1 Å². The number of aromatic nitrogens is 5. The summed E-state index contributed by atoms with van der Waals surface area (Å²) in [5.74, 6) is -2.85. The van der Waals surface area contributed by atoms with Crippen molar-refractivity contribution in [1.29, 1.82) is 0 Å². The number of alkyl halides is 3. The summed E-state index contributed by atoms with van der Waals surface area (Å²) >= 11 is 0. The van der Waals surface area contributed by atoms with E-state index in [4.69, 9.17) is 15.0 Å². The molecule has 0 bridgehead atoms. The number of aliphatic carboxylic acids is 1. The number of carboxylic acid groups (broad SMARTS) is 1. The number of carbonyl (C=O) groups is 1. The summed E-state index contributed by atoms with van der Waals surface area (Å²) in [7, 11) is -8.53. The van der Waals surface area contributed by atoms with Crippen LogP contribution >= 0.6 is 0 Å². The number of para-hydroxylation sites is 1.